The van der Waals surface area contributed by atoms with E-state index in [2.05, 4.69) is 27.6 Å². The van der Waals surface area contributed by atoms with Gasteiger partial charge in [0.1, 0.15) is 6.04 Å². The number of thioether (sulfide) groups is 2. The highest BCUT2D eigenvalue weighted by Gasteiger charge is 2.24. The van der Waals surface area contributed by atoms with Crippen LogP contribution in [0, 0.1) is 0 Å². The van der Waals surface area contributed by atoms with Crippen molar-refractivity contribution in [1.82, 2.24) is 10.6 Å². The van der Waals surface area contributed by atoms with E-state index in [9.17, 15) is 19.2 Å². The van der Waals surface area contributed by atoms with Crippen molar-refractivity contribution in [2.45, 2.75) is 75.6 Å². The molecule has 0 spiro atoms. The molecular weight excluding hydrogens is 486 g/mol. The number of hydrogen-bond acceptors (Lipinski definition) is 7. The minimum atomic E-state index is -0.952. The van der Waals surface area contributed by atoms with Gasteiger partial charge >= 0.3 is 0 Å². The summed E-state index contributed by atoms with van der Waals surface area (Å²) in [6.45, 7) is 3.10. The molecule has 0 heterocycles. The van der Waals surface area contributed by atoms with Crippen molar-refractivity contribution in [2.24, 2.45) is 5.11 Å². The lowest BCUT2D eigenvalue weighted by Gasteiger charge is -2.17. The highest BCUT2D eigenvalue weighted by Crippen LogP contribution is 2.22. The second kappa shape index (κ2) is 19.8. The lowest BCUT2D eigenvalue weighted by Crippen LogP contribution is -2.41. The molecule has 1 aromatic carbocycles. The van der Waals surface area contributed by atoms with E-state index in [4.69, 9.17) is 5.53 Å². The van der Waals surface area contributed by atoms with E-state index in [-0.39, 0.29) is 47.1 Å². The van der Waals surface area contributed by atoms with E-state index in [1.165, 1.54) is 0 Å². The van der Waals surface area contributed by atoms with E-state index in [1.54, 1.807) is 0 Å². The van der Waals surface area contributed by atoms with Crippen molar-refractivity contribution in [3.05, 3.63) is 40.8 Å². The van der Waals surface area contributed by atoms with Gasteiger partial charge in [-0.1, -0.05) is 73.0 Å². The van der Waals surface area contributed by atoms with Gasteiger partial charge in [-0.15, -0.1) is 0 Å². The summed E-state index contributed by atoms with van der Waals surface area (Å²) in [6, 6.07) is 8.16. The number of carbonyl (C=O) groups excluding carboxylic acids is 4. The summed E-state index contributed by atoms with van der Waals surface area (Å²) in [7, 11) is 0. The minimum absolute atomic E-state index is 0.113. The van der Waals surface area contributed by atoms with Gasteiger partial charge in [-0.25, -0.2) is 0 Å². The van der Waals surface area contributed by atoms with Crippen molar-refractivity contribution >= 4 is 45.6 Å². The number of azide groups is 1. The van der Waals surface area contributed by atoms with Crippen LogP contribution in [0.25, 0.3) is 10.4 Å². The van der Waals surface area contributed by atoms with Crippen LogP contribution in [-0.2, 0) is 19.2 Å². The summed E-state index contributed by atoms with van der Waals surface area (Å²) in [5.74, 6) is -0.137. The Kier molecular flexibility index (Phi) is 17.3. The van der Waals surface area contributed by atoms with Crippen LogP contribution in [0.2, 0.25) is 0 Å². The molecule has 11 heteroatoms. The van der Waals surface area contributed by atoms with E-state index in [1.807, 2.05) is 30.3 Å². The number of rotatable bonds is 18. The lowest BCUT2D eigenvalue weighted by atomic mass is 10.1. The molecule has 9 nitrogen and oxygen atoms in total. The van der Waals surface area contributed by atoms with E-state index in [0.29, 0.717) is 25.9 Å². The molecule has 1 atom stereocenters. The predicted octanol–water partition coefficient (Wildman–Crippen LogP) is 5.01. The fraction of sp³-hybridized carbons (Fsp3) is 0.583. The Hall–Kier alpha value is -2.49. The number of nitrogens with one attached hydrogen (secondary N) is 2. The molecule has 0 aliphatic rings. The van der Waals surface area contributed by atoms with Gasteiger partial charge in [0.2, 0.25) is 16.9 Å². The van der Waals surface area contributed by atoms with Gasteiger partial charge in [0.15, 0.2) is 5.12 Å². The minimum Gasteiger partial charge on any atom is -0.356 e. The number of amides is 2. The Labute approximate surface area is 215 Å². The predicted molar refractivity (Wildman–Crippen MR) is 141 cm³/mol. The summed E-state index contributed by atoms with van der Waals surface area (Å²) < 4.78 is 0. The fourth-order valence-electron chi connectivity index (χ4n) is 3.01. The molecule has 1 aromatic rings. The third-order valence-electron chi connectivity index (χ3n) is 4.87. The smallest absolute Gasteiger partial charge is 0.220 e. The molecule has 35 heavy (non-hydrogen) atoms. The third-order valence-corrected chi connectivity index (χ3v) is 6.75. The van der Waals surface area contributed by atoms with Gasteiger partial charge in [0, 0.05) is 47.9 Å². The molecule has 0 bridgehead atoms. The summed E-state index contributed by atoms with van der Waals surface area (Å²) in [5, 5.41) is 8.43. The zero-order chi connectivity index (χ0) is 25.7. The Bertz CT molecular complexity index is 848. The van der Waals surface area contributed by atoms with E-state index < -0.39 is 6.04 Å². The molecule has 2 amide bonds. The molecular formula is C24H35N5O4S2. The highest BCUT2D eigenvalue weighted by atomic mass is 32.2. The molecule has 0 saturated carbocycles. The second-order valence-electron chi connectivity index (χ2n) is 7.85. The molecule has 0 aliphatic carbocycles. The van der Waals surface area contributed by atoms with Gasteiger partial charge in [0.05, 0.1) is 0 Å². The summed E-state index contributed by atoms with van der Waals surface area (Å²) in [4.78, 5) is 53.2. The maximum absolute atomic E-state index is 12.8. The van der Waals surface area contributed by atoms with Crippen molar-refractivity contribution in [3.8, 4) is 0 Å². The monoisotopic (exact) mass is 521 g/mol. The van der Waals surface area contributed by atoms with Crippen molar-refractivity contribution < 1.29 is 19.2 Å². The average molecular weight is 522 g/mol. The molecule has 1 unspecified atom stereocenters. The van der Waals surface area contributed by atoms with Crippen LogP contribution in [0.3, 0.4) is 0 Å². The Morgan fingerprint density at radius 2 is 1.77 bits per heavy atom. The van der Waals surface area contributed by atoms with Gasteiger partial charge < -0.3 is 10.6 Å². The van der Waals surface area contributed by atoms with Crippen LogP contribution in [0.5, 0.6) is 0 Å². The highest BCUT2D eigenvalue weighted by molar-refractivity contribution is 8.14. The quantitative estimate of drug-likeness (QED) is 0.0915. The van der Waals surface area contributed by atoms with Crippen LogP contribution in [0.1, 0.15) is 64.7 Å². The zero-order valence-corrected chi connectivity index (χ0v) is 21.9. The molecule has 0 saturated heterocycles. The molecule has 2 N–H and O–H groups in total. The first-order valence-corrected chi connectivity index (χ1v) is 13.8. The maximum Gasteiger partial charge on any atom is 0.220 e. The first-order valence-electron chi connectivity index (χ1n) is 12.0. The summed E-state index contributed by atoms with van der Waals surface area (Å²) in [5.41, 5.74) is 8.29. The largest absolute Gasteiger partial charge is 0.356 e. The molecule has 0 radical (unpaired) electrons. The van der Waals surface area contributed by atoms with Crippen molar-refractivity contribution in [3.63, 3.8) is 0 Å². The molecule has 192 valence electrons. The third kappa shape index (κ3) is 15.9. The van der Waals surface area contributed by atoms with Crippen molar-refractivity contribution in [2.75, 3.05) is 18.8 Å². The van der Waals surface area contributed by atoms with E-state index >= 15 is 0 Å². The first kappa shape index (κ1) is 30.5. The number of carbonyl (C=O) groups is 4. The normalized spacial score (nSPS) is 11.2. The molecule has 0 aliphatic heterocycles. The van der Waals surface area contributed by atoms with Gasteiger partial charge in [-0.05, 0) is 36.9 Å². The second-order valence-corrected chi connectivity index (χ2v) is 10.1. The Balaban J connectivity index is 2.56. The number of nitrogens with zero attached hydrogens (tertiary/aromatic N) is 3. The topological polar surface area (TPSA) is 141 Å². The van der Waals surface area contributed by atoms with Crippen molar-refractivity contribution in [1.29, 1.82) is 0 Å². The van der Waals surface area contributed by atoms with Gasteiger partial charge in [-0.2, -0.15) is 0 Å². The molecule has 1 rings (SSSR count). The first-order chi connectivity index (χ1) is 17.0. The fourth-order valence-corrected chi connectivity index (χ4v) is 4.65. The lowest BCUT2D eigenvalue weighted by molar-refractivity contribution is -0.125. The van der Waals surface area contributed by atoms with Crippen LogP contribution in [0.15, 0.2) is 40.3 Å². The zero-order valence-electron chi connectivity index (χ0n) is 20.2. The Morgan fingerprint density at radius 3 is 2.49 bits per heavy atom. The summed E-state index contributed by atoms with van der Waals surface area (Å²) >= 11 is 1.99. The standard InChI is InChI=1S/C24H35N5O4S2/c1-2-3-9-15-26-21(30)14-17-34-24(33)20(18-23(32)35-19-11-6-4-7-12-19)28-22(31)13-8-5-10-16-27-29-25/h4,6-7,11-12,20H,2-3,5,8-10,13-18H2,1H3,(H,26,30)(H,28,31). The number of benzene rings is 1. The van der Waals surface area contributed by atoms with Crippen LogP contribution in [0.4, 0.5) is 0 Å². The van der Waals surface area contributed by atoms with Gasteiger partial charge in [0.25, 0.3) is 0 Å². The van der Waals surface area contributed by atoms with Crippen LogP contribution >= 0.6 is 23.5 Å². The maximum atomic E-state index is 12.8. The SMILES string of the molecule is CCCCCNC(=O)CCSC(=O)C(CC(=O)Sc1ccccc1)NC(=O)CCCCCN=[N+]=[N-]. The van der Waals surface area contributed by atoms with E-state index in [0.717, 1.165) is 54.1 Å². The molecule has 0 aromatic heterocycles. The molecule has 0 fully saturated rings. The van der Waals surface area contributed by atoms with Crippen LogP contribution in [-0.4, -0.2) is 46.9 Å². The Morgan fingerprint density at radius 1 is 1.00 bits per heavy atom. The summed E-state index contributed by atoms with van der Waals surface area (Å²) in [6.07, 6.45) is 5.32. The van der Waals surface area contributed by atoms with Crippen LogP contribution < -0.4 is 10.6 Å². The number of unbranched alkanes of at least 4 members (excludes halogenated alkanes) is 4. The number of hydrogen-bond donors (Lipinski definition) is 2. The average Bonchev–Trinajstić information content (AvgIpc) is 2.84. The van der Waals surface area contributed by atoms with Gasteiger partial charge in [-0.3, -0.25) is 19.2 Å².